The Morgan fingerprint density at radius 2 is 1.79 bits per heavy atom. The Balaban J connectivity index is 1.75. The van der Waals surface area contributed by atoms with Crippen LogP contribution in [0.5, 0.6) is 0 Å². The normalized spacial score (nSPS) is 19.6. The maximum Gasteiger partial charge on any atom is 0.303 e. The summed E-state index contributed by atoms with van der Waals surface area (Å²) < 4.78 is 11.0. The van der Waals surface area contributed by atoms with Crippen molar-refractivity contribution in [3.8, 4) is 0 Å². The summed E-state index contributed by atoms with van der Waals surface area (Å²) in [4.78, 5) is 23.2. The van der Waals surface area contributed by atoms with Gasteiger partial charge >= 0.3 is 11.9 Å². The molecule has 2 aliphatic carbocycles. The smallest absolute Gasteiger partial charge is 0.303 e. The maximum atomic E-state index is 11.7. The molecule has 0 aromatic heterocycles. The third-order valence-electron chi connectivity index (χ3n) is 5.73. The predicted octanol–water partition coefficient (Wildman–Crippen LogP) is 4.65. The van der Waals surface area contributed by atoms with Gasteiger partial charge in [0, 0.05) is 19.4 Å². The standard InChI is InChI=1S/C24H20O4/c1-13(25)27-22-11-10-18-20(24(22)28-14(2)26)9-8-17-19-7-6-15-4-3-5-16(23(15)19)12-21(17)18/h3-5,8-12,22,24H,6-7H2,1-2H3/t22-,24-/m0/s1. The van der Waals surface area contributed by atoms with Crippen LogP contribution in [0.25, 0.3) is 27.6 Å². The number of fused-ring (bicyclic) bond motifs is 4. The highest BCUT2D eigenvalue weighted by Crippen LogP contribution is 2.42. The third-order valence-corrected chi connectivity index (χ3v) is 5.73. The van der Waals surface area contributed by atoms with Gasteiger partial charge in [0.2, 0.25) is 0 Å². The second-order valence-corrected chi connectivity index (χ2v) is 7.50. The lowest BCUT2D eigenvalue weighted by molar-refractivity contribution is -0.162. The van der Waals surface area contributed by atoms with Crippen LogP contribution in [0.3, 0.4) is 0 Å². The molecule has 4 nitrogen and oxygen atoms in total. The van der Waals surface area contributed by atoms with Crippen LogP contribution in [0.1, 0.15) is 42.2 Å². The van der Waals surface area contributed by atoms with Crippen LogP contribution in [0.15, 0.2) is 42.5 Å². The first-order chi connectivity index (χ1) is 13.5. The molecule has 2 atom stereocenters. The number of carbonyl (C=O) groups is 2. The molecule has 0 unspecified atom stereocenters. The molecule has 3 aromatic carbocycles. The van der Waals surface area contributed by atoms with Crippen molar-refractivity contribution in [3.63, 3.8) is 0 Å². The average Bonchev–Trinajstić information content (AvgIpc) is 3.09. The molecule has 0 saturated heterocycles. The highest BCUT2D eigenvalue weighted by Gasteiger charge is 2.32. The molecule has 28 heavy (non-hydrogen) atoms. The summed E-state index contributed by atoms with van der Waals surface area (Å²) in [5.41, 5.74) is 4.71. The van der Waals surface area contributed by atoms with Crippen molar-refractivity contribution in [1.82, 2.24) is 0 Å². The van der Waals surface area contributed by atoms with Gasteiger partial charge in [-0.05, 0) is 63.2 Å². The van der Waals surface area contributed by atoms with E-state index < -0.39 is 24.1 Å². The zero-order valence-electron chi connectivity index (χ0n) is 15.8. The molecule has 0 heterocycles. The van der Waals surface area contributed by atoms with Gasteiger partial charge < -0.3 is 9.47 Å². The molecule has 3 aromatic rings. The van der Waals surface area contributed by atoms with Crippen molar-refractivity contribution in [3.05, 3.63) is 64.7 Å². The molecule has 2 aliphatic rings. The Labute approximate surface area is 162 Å². The third kappa shape index (κ3) is 2.52. The molecule has 0 amide bonds. The minimum atomic E-state index is -0.638. The van der Waals surface area contributed by atoms with Gasteiger partial charge in [0.15, 0.2) is 12.2 Å². The summed E-state index contributed by atoms with van der Waals surface area (Å²) in [6, 6.07) is 12.8. The molecule has 0 bridgehead atoms. The number of esters is 2. The number of hydrogen-bond donors (Lipinski definition) is 0. The fourth-order valence-corrected chi connectivity index (χ4v) is 4.70. The van der Waals surface area contributed by atoms with Crippen LogP contribution in [-0.2, 0) is 31.9 Å². The minimum absolute atomic E-state index is 0.398. The summed E-state index contributed by atoms with van der Waals surface area (Å²) in [5.74, 6) is -0.798. The molecule has 4 heteroatoms. The number of hydrogen-bond acceptors (Lipinski definition) is 4. The first-order valence-corrected chi connectivity index (χ1v) is 9.55. The Hall–Kier alpha value is -3.14. The van der Waals surface area contributed by atoms with E-state index >= 15 is 0 Å². The molecule has 0 saturated carbocycles. The number of benzene rings is 3. The zero-order valence-corrected chi connectivity index (χ0v) is 15.8. The largest absolute Gasteiger partial charge is 0.454 e. The fraction of sp³-hybridized carbons (Fsp3) is 0.250. The molecule has 5 rings (SSSR count). The van der Waals surface area contributed by atoms with E-state index in [1.165, 1.54) is 41.1 Å². The van der Waals surface area contributed by atoms with Crippen molar-refractivity contribution in [2.24, 2.45) is 0 Å². The van der Waals surface area contributed by atoms with E-state index in [1.807, 2.05) is 18.2 Å². The first-order valence-electron chi connectivity index (χ1n) is 9.55. The van der Waals surface area contributed by atoms with Crippen molar-refractivity contribution in [1.29, 1.82) is 0 Å². The molecule has 0 N–H and O–H groups in total. The highest BCUT2D eigenvalue weighted by molar-refractivity contribution is 6.08. The predicted molar refractivity (Wildman–Crippen MR) is 108 cm³/mol. The molecule has 0 aliphatic heterocycles. The van der Waals surface area contributed by atoms with E-state index in [0.29, 0.717) is 0 Å². The Kier molecular flexibility index (Phi) is 3.76. The Bertz CT molecular complexity index is 1190. The fourth-order valence-electron chi connectivity index (χ4n) is 4.70. The maximum absolute atomic E-state index is 11.7. The zero-order chi connectivity index (χ0) is 19.4. The van der Waals surface area contributed by atoms with E-state index in [1.54, 1.807) is 0 Å². The second-order valence-electron chi connectivity index (χ2n) is 7.50. The molecular weight excluding hydrogens is 352 g/mol. The van der Waals surface area contributed by atoms with Gasteiger partial charge in [-0.25, -0.2) is 0 Å². The molecule has 0 spiro atoms. The lowest BCUT2D eigenvalue weighted by Gasteiger charge is -2.29. The van der Waals surface area contributed by atoms with Crippen molar-refractivity contribution in [2.75, 3.05) is 0 Å². The highest BCUT2D eigenvalue weighted by atomic mass is 16.6. The van der Waals surface area contributed by atoms with Crippen molar-refractivity contribution < 1.29 is 19.1 Å². The van der Waals surface area contributed by atoms with Crippen LogP contribution in [0.2, 0.25) is 0 Å². The molecule has 0 fully saturated rings. The van der Waals surface area contributed by atoms with Gasteiger partial charge in [-0.15, -0.1) is 0 Å². The number of ether oxygens (including phenoxy) is 2. The van der Waals surface area contributed by atoms with E-state index in [0.717, 1.165) is 29.4 Å². The van der Waals surface area contributed by atoms with Gasteiger partial charge in [0.05, 0.1) is 0 Å². The monoisotopic (exact) mass is 372 g/mol. The van der Waals surface area contributed by atoms with E-state index in [9.17, 15) is 9.59 Å². The minimum Gasteiger partial charge on any atom is -0.454 e. The van der Waals surface area contributed by atoms with Crippen LogP contribution in [-0.4, -0.2) is 18.0 Å². The molecular formula is C24H20O4. The van der Waals surface area contributed by atoms with E-state index in [-0.39, 0.29) is 0 Å². The topological polar surface area (TPSA) is 52.6 Å². The SMILES string of the molecule is CC(=O)O[C@H]1C=Cc2c(ccc3c4c5c(cccc5cc23)CC4)[C@@H]1OC(C)=O. The van der Waals surface area contributed by atoms with Gasteiger partial charge in [-0.1, -0.05) is 36.4 Å². The second kappa shape index (κ2) is 6.20. The van der Waals surface area contributed by atoms with Gasteiger partial charge in [-0.3, -0.25) is 9.59 Å². The summed E-state index contributed by atoms with van der Waals surface area (Å²) in [7, 11) is 0. The summed E-state index contributed by atoms with van der Waals surface area (Å²) >= 11 is 0. The average molecular weight is 372 g/mol. The van der Waals surface area contributed by atoms with Crippen LogP contribution >= 0.6 is 0 Å². The Morgan fingerprint density at radius 1 is 0.964 bits per heavy atom. The number of aryl methyl sites for hydroxylation is 2. The Morgan fingerprint density at radius 3 is 2.57 bits per heavy atom. The van der Waals surface area contributed by atoms with Crippen molar-refractivity contribution >= 4 is 39.6 Å². The van der Waals surface area contributed by atoms with Crippen LogP contribution in [0, 0.1) is 0 Å². The first kappa shape index (κ1) is 17.0. The summed E-state index contributed by atoms with van der Waals surface area (Å²) in [5, 5.41) is 5.01. The van der Waals surface area contributed by atoms with Crippen LogP contribution in [0.4, 0.5) is 0 Å². The lowest BCUT2D eigenvalue weighted by atomic mass is 9.86. The van der Waals surface area contributed by atoms with Gasteiger partial charge in [0.25, 0.3) is 0 Å². The molecule has 0 radical (unpaired) electrons. The number of carbonyl (C=O) groups excluding carboxylic acids is 2. The lowest BCUT2D eigenvalue weighted by Crippen LogP contribution is -2.28. The van der Waals surface area contributed by atoms with Gasteiger partial charge in [0.1, 0.15) is 0 Å². The summed E-state index contributed by atoms with van der Waals surface area (Å²) in [6.45, 7) is 2.74. The molecule has 140 valence electrons. The van der Waals surface area contributed by atoms with Crippen molar-refractivity contribution in [2.45, 2.75) is 38.9 Å². The quantitative estimate of drug-likeness (QED) is 0.485. The summed E-state index contributed by atoms with van der Waals surface area (Å²) in [6.07, 6.45) is 4.66. The number of rotatable bonds is 2. The van der Waals surface area contributed by atoms with Crippen LogP contribution < -0.4 is 0 Å². The van der Waals surface area contributed by atoms with E-state index in [4.69, 9.17) is 9.47 Å². The van der Waals surface area contributed by atoms with E-state index in [2.05, 4.69) is 30.3 Å². The van der Waals surface area contributed by atoms with Gasteiger partial charge in [-0.2, -0.15) is 0 Å².